The third kappa shape index (κ3) is 6.34. The Bertz CT molecular complexity index is 999. The average Bonchev–Trinajstić information content (AvgIpc) is 3.15. The Morgan fingerprint density at radius 2 is 1.94 bits per heavy atom. The summed E-state index contributed by atoms with van der Waals surface area (Å²) in [6.07, 6.45) is 5.07. The number of nitrogens with zero attached hydrogens (tertiary/aromatic N) is 5. The number of carbonyl (C=O) groups is 1. The number of piperidine rings is 1. The van der Waals surface area contributed by atoms with E-state index in [2.05, 4.69) is 32.6 Å². The lowest BCUT2D eigenvalue weighted by atomic mass is 10.0. The second-order valence-electron chi connectivity index (χ2n) is 8.93. The molecule has 0 bridgehead atoms. The Kier molecular flexibility index (Phi) is 8.51. The number of azo groups is 1. The molecule has 2 aromatic rings. The van der Waals surface area contributed by atoms with E-state index in [0.29, 0.717) is 24.0 Å². The number of para-hydroxylation sites is 1. The van der Waals surface area contributed by atoms with Crippen LogP contribution in [0.15, 0.2) is 69.9 Å². The molecule has 1 amide bonds. The standard InChI is InChI=1S/C26H34N6O2.H2/c1-20-9-6-7-17-31(20)18-8-16-27-34-19-22-12-14-23(15-13-22)28-29-25-21(2)30-32(26(25)33)24-10-4-3-5-11-24;/h3-5,10-15,20,25,27H,6-9,16-19H2,1-2H3;1H. The van der Waals surface area contributed by atoms with Gasteiger partial charge in [0.1, 0.15) is 0 Å². The summed E-state index contributed by atoms with van der Waals surface area (Å²) in [6.45, 7) is 7.78. The van der Waals surface area contributed by atoms with Gasteiger partial charge < -0.3 is 4.90 Å². The van der Waals surface area contributed by atoms with Crippen molar-refractivity contribution in [2.24, 2.45) is 15.3 Å². The van der Waals surface area contributed by atoms with Crippen molar-refractivity contribution < 1.29 is 11.1 Å². The zero-order chi connectivity index (χ0) is 23.8. The first-order valence-electron chi connectivity index (χ1n) is 12.1. The summed E-state index contributed by atoms with van der Waals surface area (Å²) >= 11 is 0. The monoisotopic (exact) mass is 464 g/mol. The van der Waals surface area contributed by atoms with Gasteiger partial charge >= 0.3 is 0 Å². The van der Waals surface area contributed by atoms with E-state index in [1.807, 2.05) is 54.6 Å². The first-order chi connectivity index (χ1) is 16.6. The molecule has 4 rings (SSSR count). The van der Waals surface area contributed by atoms with Crippen LogP contribution in [-0.4, -0.2) is 48.2 Å². The molecule has 0 radical (unpaired) electrons. The van der Waals surface area contributed by atoms with Gasteiger partial charge in [-0.05, 0) is 76.0 Å². The van der Waals surface area contributed by atoms with Crippen LogP contribution in [0.5, 0.6) is 0 Å². The minimum absolute atomic E-state index is 0. The summed E-state index contributed by atoms with van der Waals surface area (Å²) < 4.78 is 0. The number of hydroxylamine groups is 1. The van der Waals surface area contributed by atoms with Gasteiger partial charge in [-0.15, -0.1) is 0 Å². The van der Waals surface area contributed by atoms with Crippen molar-refractivity contribution >= 4 is 23.0 Å². The van der Waals surface area contributed by atoms with Crippen LogP contribution in [0.25, 0.3) is 0 Å². The predicted octanol–water partition coefficient (Wildman–Crippen LogP) is 5.09. The highest BCUT2D eigenvalue weighted by Gasteiger charge is 2.34. The smallest absolute Gasteiger partial charge is 0.280 e. The van der Waals surface area contributed by atoms with E-state index in [4.69, 9.17) is 4.84 Å². The zero-order valence-corrected chi connectivity index (χ0v) is 20.1. The molecule has 34 heavy (non-hydrogen) atoms. The van der Waals surface area contributed by atoms with Gasteiger partial charge in [0.15, 0.2) is 6.04 Å². The molecule has 1 N–H and O–H groups in total. The lowest BCUT2D eigenvalue weighted by Gasteiger charge is -2.33. The molecule has 182 valence electrons. The van der Waals surface area contributed by atoms with Crippen LogP contribution in [0.3, 0.4) is 0 Å². The Morgan fingerprint density at radius 3 is 2.71 bits per heavy atom. The fraction of sp³-hybridized carbons (Fsp3) is 0.462. The maximum atomic E-state index is 12.7. The Hall–Kier alpha value is -2.94. The highest BCUT2D eigenvalue weighted by Crippen LogP contribution is 2.23. The number of rotatable bonds is 10. The molecule has 8 nitrogen and oxygen atoms in total. The summed E-state index contributed by atoms with van der Waals surface area (Å²) in [5, 5.41) is 14.3. The minimum Gasteiger partial charge on any atom is -0.301 e. The number of amides is 1. The van der Waals surface area contributed by atoms with E-state index in [0.717, 1.165) is 30.8 Å². The molecule has 2 aromatic carbocycles. The zero-order valence-electron chi connectivity index (χ0n) is 20.1. The van der Waals surface area contributed by atoms with Crippen LogP contribution in [0.4, 0.5) is 11.4 Å². The third-order valence-electron chi connectivity index (χ3n) is 6.33. The van der Waals surface area contributed by atoms with Crippen molar-refractivity contribution in [3.05, 3.63) is 60.2 Å². The first-order valence-corrected chi connectivity index (χ1v) is 12.1. The maximum Gasteiger partial charge on any atom is 0.280 e. The normalized spacial score (nSPS) is 21.4. The molecular formula is C26H36N6O2. The molecule has 0 aliphatic carbocycles. The minimum atomic E-state index is -0.694. The van der Waals surface area contributed by atoms with Crippen molar-refractivity contribution in [1.29, 1.82) is 0 Å². The van der Waals surface area contributed by atoms with Crippen molar-refractivity contribution in [2.45, 2.75) is 58.2 Å². The molecule has 0 aromatic heterocycles. The molecule has 2 unspecified atom stereocenters. The number of anilines is 1. The summed E-state index contributed by atoms with van der Waals surface area (Å²) in [4.78, 5) is 20.9. The molecule has 2 atom stereocenters. The summed E-state index contributed by atoms with van der Waals surface area (Å²) in [7, 11) is 0. The SMILES string of the molecule is CC1=NN(c2ccccc2)C(=O)C1N=Nc1ccc(CONCCCN2CCCCC2C)cc1.[HH]. The number of nitrogens with one attached hydrogen (secondary N) is 1. The quantitative estimate of drug-likeness (QED) is 0.302. The van der Waals surface area contributed by atoms with Crippen LogP contribution < -0.4 is 10.5 Å². The lowest BCUT2D eigenvalue weighted by molar-refractivity contribution is -0.117. The van der Waals surface area contributed by atoms with Gasteiger partial charge in [-0.25, -0.2) is 5.48 Å². The highest BCUT2D eigenvalue weighted by molar-refractivity contribution is 6.18. The number of likely N-dealkylation sites (tertiary alicyclic amines) is 1. The summed E-state index contributed by atoms with van der Waals surface area (Å²) in [6, 6.07) is 17.0. The molecule has 0 saturated carbocycles. The largest absolute Gasteiger partial charge is 0.301 e. The van der Waals surface area contributed by atoms with E-state index in [-0.39, 0.29) is 7.33 Å². The van der Waals surface area contributed by atoms with Crippen LogP contribution >= 0.6 is 0 Å². The van der Waals surface area contributed by atoms with Crippen molar-refractivity contribution in [3.63, 3.8) is 0 Å². The van der Waals surface area contributed by atoms with Gasteiger partial charge in [0, 0.05) is 14.0 Å². The van der Waals surface area contributed by atoms with E-state index < -0.39 is 6.04 Å². The van der Waals surface area contributed by atoms with E-state index in [1.54, 1.807) is 6.92 Å². The highest BCUT2D eigenvalue weighted by atomic mass is 16.6. The topological polar surface area (TPSA) is 81.9 Å². The first kappa shape index (κ1) is 24.2. The van der Waals surface area contributed by atoms with Gasteiger partial charge in [0.05, 0.1) is 23.7 Å². The number of hydrogen-bond donors (Lipinski definition) is 1. The van der Waals surface area contributed by atoms with Crippen molar-refractivity contribution in [3.8, 4) is 0 Å². The molecule has 1 saturated heterocycles. The van der Waals surface area contributed by atoms with Gasteiger partial charge in [-0.3, -0.25) is 9.63 Å². The molecule has 2 heterocycles. The second kappa shape index (κ2) is 12.0. The van der Waals surface area contributed by atoms with Crippen LogP contribution in [0.2, 0.25) is 0 Å². The molecule has 8 heteroatoms. The Labute approximate surface area is 203 Å². The molecular weight excluding hydrogens is 428 g/mol. The Morgan fingerprint density at radius 1 is 1.15 bits per heavy atom. The van der Waals surface area contributed by atoms with Gasteiger partial charge in [-0.1, -0.05) is 36.8 Å². The molecule has 1 fully saturated rings. The van der Waals surface area contributed by atoms with E-state index >= 15 is 0 Å². The molecule has 0 spiro atoms. The number of benzene rings is 2. The third-order valence-corrected chi connectivity index (χ3v) is 6.33. The molecule has 2 aliphatic rings. The van der Waals surface area contributed by atoms with Crippen molar-refractivity contribution in [2.75, 3.05) is 24.6 Å². The van der Waals surface area contributed by atoms with Crippen LogP contribution in [-0.2, 0) is 16.2 Å². The number of carbonyl (C=O) groups excluding carboxylic acids is 1. The summed E-state index contributed by atoms with van der Waals surface area (Å²) in [5.74, 6) is -0.196. The fourth-order valence-electron chi connectivity index (χ4n) is 4.28. The molecule has 2 aliphatic heterocycles. The second-order valence-corrected chi connectivity index (χ2v) is 8.93. The van der Waals surface area contributed by atoms with E-state index in [9.17, 15) is 4.79 Å². The van der Waals surface area contributed by atoms with Gasteiger partial charge in [0.2, 0.25) is 0 Å². The van der Waals surface area contributed by atoms with Gasteiger partial charge in [0.25, 0.3) is 5.91 Å². The Balaban J connectivity index is 0.00000342. The predicted molar refractivity (Wildman–Crippen MR) is 136 cm³/mol. The average molecular weight is 465 g/mol. The van der Waals surface area contributed by atoms with Gasteiger partial charge in [-0.2, -0.15) is 20.3 Å². The van der Waals surface area contributed by atoms with Crippen molar-refractivity contribution in [1.82, 2.24) is 10.4 Å². The number of hydrazone groups is 1. The maximum absolute atomic E-state index is 12.7. The van der Waals surface area contributed by atoms with Crippen LogP contribution in [0.1, 0.15) is 46.5 Å². The summed E-state index contributed by atoms with van der Waals surface area (Å²) in [5.41, 5.74) is 6.15. The van der Waals surface area contributed by atoms with E-state index in [1.165, 1.54) is 30.8 Å². The number of hydrogen-bond acceptors (Lipinski definition) is 7. The van der Waals surface area contributed by atoms with Crippen LogP contribution in [0, 0.1) is 0 Å². The fourth-order valence-corrected chi connectivity index (χ4v) is 4.28. The lowest BCUT2D eigenvalue weighted by Crippen LogP contribution is -2.38.